The molecule has 0 spiro atoms. The number of nitrogens with two attached hydrogens (primary N) is 1. The third-order valence-electron chi connectivity index (χ3n) is 2.89. The van der Waals surface area contributed by atoms with Gasteiger partial charge in [0.1, 0.15) is 6.61 Å². The van der Waals surface area contributed by atoms with E-state index in [0.717, 1.165) is 11.1 Å². The zero-order valence-corrected chi connectivity index (χ0v) is 12.0. The van der Waals surface area contributed by atoms with Gasteiger partial charge in [0.05, 0.1) is 0 Å². The zero-order valence-electron chi connectivity index (χ0n) is 11.3. The molecule has 0 aliphatic rings. The minimum absolute atomic E-state index is 0.00398. The molecule has 0 aromatic heterocycles. The monoisotopic (exact) mass is 293 g/mol. The first-order chi connectivity index (χ1) is 9.56. The van der Waals surface area contributed by atoms with Crippen LogP contribution in [0.1, 0.15) is 18.1 Å². The fourth-order valence-corrected chi connectivity index (χ4v) is 2.12. The Morgan fingerprint density at radius 1 is 1.25 bits per heavy atom. The molecule has 20 heavy (non-hydrogen) atoms. The summed E-state index contributed by atoms with van der Waals surface area (Å²) in [7, 11) is 0. The summed E-state index contributed by atoms with van der Waals surface area (Å²) in [5.74, 6) is -0.159. The van der Waals surface area contributed by atoms with Crippen LogP contribution >= 0.6 is 11.6 Å². The maximum absolute atomic E-state index is 13.9. The summed E-state index contributed by atoms with van der Waals surface area (Å²) < 4.78 is 19.4. The first-order valence-corrected chi connectivity index (χ1v) is 6.84. The van der Waals surface area contributed by atoms with Gasteiger partial charge in [0, 0.05) is 16.6 Å². The van der Waals surface area contributed by atoms with Gasteiger partial charge in [-0.1, -0.05) is 35.9 Å². The average Bonchev–Trinajstić information content (AvgIpc) is 2.39. The molecule has 0 bridgehead atoms. The molecule has 0 heterocycles. The molecule has 106 valence electrons. The summed E-state index contributed by atoms with van der Waals surface area (Å²) in [6.07, 6.45) is 0.641. The minimum Gasteiger partial charge on any atom is -0.486 e. The van der Waals surface area contributed by atoms with Gasteiger partial charge in [-0.05, 0) is 37.1 Å². The number of halogens is 2. The number of benzene rings is 2. The fraction of sp³-hybridized carbons (Fsp3) is 0.250. The van der Waals surface area contributed by atoms with Crippen LogP contribution in [0.5, 0.6) is 5.75 Å². The number of ether oxygens (including phenoxy) is 1. The third-order valence-corrected chi connectivity index (χ3v) is 3.26. The molecule has 0 saturated carbocycles. The maximum atomic E-state index is 13.9. The molecular weight excluding hydrogens is 277 g/mol. The van der Waals surface area contributed by atoms with Gasteiger partial charge in [0.15, 0.2) is 11.6 Å². The standard InChI is InChI=1S/C16H17ClFNO/c1-11(19)8-12-6-7-16(15(18)9-12)20-10-13-4-2-3-5-14(13)17/h2-7,9,11H,8,10,19H2,1H3. The molecule has 0 saturated heterocycles. The van der Waals surface area contributed by atoms with Gasteiger partial charge in [-0.2, -0.15) is 0 Å². The van der Waals surface area contributed by atoms with E-state index >= 15 is 0 Å². The molecule has 0 amide bonds. The van der Waals surface area contributed by atoms with Crippen LogP contribution in [-0.4, -0.2) is 6.04 Å². The van der Waals surface area contributed by atoms with Gasteiger partial charge in [-0.3, -0.25) is 0 Å². The lowest BCUT2D eigenvalue weighted by Gasteiger charge is -2.10. The molecule has 4 heteroatoms. The average molecular weight is 294 g/mol. The van der Waals surface area contributed by atoms with Crippen molar-refractivity contribution >= 4 is 11.6 Å². The van der Waals surface area contributed by atoms with Gasteiger partial charge in [-0.25, -0.2) is 4.39 Å². The second-order valence-electron chi connectivity index (χ2n) is 4.83. The summed E-state index contributed by atoms with van der Waals surface area (Å²) >= 11 is 6.03. The van der Waals surface area contributed by atoms with Crippen LogP contribution in [0.4, 0.5) is 4.39 Å². The van der Waals surface area contributed by atoms with E-state index < -0.39 is 0 Å². The van der Waals surface area contributed by atoms with Gasteiger partial charge < -0.3 is 10.5 Å². The van der Waals surface area contributed by atoms with Crippen LogP contribution in [0.3, 0.4) is 0 Å². The normalized spacial score (nSPS) is 12.2. The molecule has 2 aromatic carbocycles. The van der Waals surface area contributed by atoms with Crippen LogP contribution in [-0.2, 0) is 13.0 Å². The van der Waals surface area contributed by atoms with Crippen molar-refractivity contribution in [2.45, 2.75) is 26.0 Å². The Bertz CT molecular complexity index is 586. The van der Waals surface area contributed by atoms with Crippen molar-refractivity contribution in [2.75, 3.05) is 0 Å². The molecule has 0 radical (unpaired) electrons. The van der Waals surface area contributed by atoms with Gasteiger partial charge >= 0.3 is 0 Å². The lowest BCUT2D eigenvalue weighted by Crippen LogP contribution is -2.17. The van der Waals surface area contributed by atoms with Gasteiger partial charge in [-0.15, -0.1) is 0 Å². The largest absolute Gasteiger partial charge is 0.486 e. The molecule has 1 unspecified atom stereocenters. The van der Waals surface area contributed by atoms with Crippen LogP contribution in [0.15, 0.2) is 42.5 Å². The van der Waals surface area contributed by atoms with Crippen LogP contribution < -0.4 is 10.5 Å². The third kappa shape index (κ3) is 3.95. The van der Waals surface area contributed by atoms with Crippen molar-refractivity contribution in [1.82, 2.24) is 0 Å². The van der Waals surface area contributed by atoms with E-state index in [4.69, 9.17) is 22.1 Å². The summed E-state index contributed by atoms with van der Waals surface area (Å²) in [6.45, 7) is 2.13. The summed E-state index contributed by atoms with van der Waals surface area (Å²) in [4.78, 5) is 0. The van der Waals surface area contributed by atoms with Crippen molar-refractivity contribution in [3.05, 3.63) is 64.4 Å². The summed E-state index contributed by atoms with van der Waals surface area (Å²) in [6, 6.07) is 12.3. The molecule has 2 nitrogen and oxygen atoms in total. The molecule has 2 N–H and O–H groups in total. The van der Waals surface area contributed by atoms with E-state index in [-0.39, 0.29) is 24.2 Å². The number of rotatable bonds is 5. The van der Waals surface area contributed by atoms with Crippen molar-refractivity contribution in [3.8, 4) is 5.75 Å². The Balaban J connectivity index is 2.05. The Hall–Kier alpha value is -1.58. The summed E-state index contributed by atoms with van der Waals surface area (Å²) in [5.41, 5.74) is 7.39. The Kier molecular flexibility index (Phi) is 4.99. The highest BCUT2D eigenvalue weighted by molar-refractivity contribution is 6.31. The predicted octanol–water partition coefficient (Wildman–Crippen LogP) is 3.95. The predicted molar refractivity (Wildman–Crippen MR) is 79.5 cm³/mol. The van der Waals surface area contributed by atoms with Crippen LogP contribution in [0.25, 0.3) is 0 Å². The summed E-state index contributed by atoms with van der Waals surface area (Å²) in [5, 5.41) is 0.612. The molecular formula is C16H17ClFNO. The smallest absolute Gasteiger partial charge is 0.165 e. The van der Waals surface area contributed by atoms with E-state index in [1.807, 2.05) is 31.2 Å². The van der Waals surface area contributed by atoms with Crippen molar-refractivity contribution in [3.63, 3.8) is 0 Å². The van der Waals surface area contributed by atoms with Gasteiger partial charge in [0.25, 0.3) is 0 Å². The van der Waals surface area contributed by atoms with Crippen LogP contribution in [0, 0.1) is 5.82 Å². The highest BCUT2D eigenvalue weighted by atomic mass is 35.5. The molecule has 2 rings (SSSR count). The van der Waals surface area contributed by atoms with E-state index in [1.165, 1.54) is 6.07 Å². The fourth-order valence-electron chi connectivity index (χ4n) is 1.93. The number of hydrogen-bond donors (Lipinski definition) is 1. The first kappa shape index (κ1) is 14.8. The molecule has 0 aliphatic heterocycles. The lowest BCUT2D eigenvalue weighted by molar-refractivity contribution is 0.290. The second-order valence-corrected chi connectivity index (χ2v) is 5.23. The topological polar surface area (TPSA) is 35.2 Å². The van der Waals surface area contributed by atoms with E-state index in [9.17, 15) is 4.39 Å². The van der Waals surface area contributed by atoms with Crippen LogP contribution in [0.2, 0.25) is 5.02 Å². The van der Waals surface area contributed by atoms with E-state index in [1.54, 1.807) is 12.1 Å². The Morgan fingerprint density at radius 3 is 2.65 bits per heavy atom. The molecule has 2 aromatic rings. The minimum atomic E-state index is -0.379. The van der Waals surface area contributed by atoms with Crippen molar-refractivity contribution in [1.29, 1.82) is 0 Å². The first-order valence-electron chi connectivity index (χ1n) is 6.46. The second kappa shape index (κ2) is 6.73. The van der Waals surface area contributed by atoms with E-state index in [2.05, 4.69) is 0 Å². The quantitative estimate of drug-likeness (QED) is 0.906. The number of hydrogen-bond acceptors (Lipinski definition) is 2. The van der Waals surface area contributed by atoms with Gasteiger partial charge in [0.2, 0.25) is 0 Å². The maximum Gasteiger partial charge on any atom is 0.165 e. The highest BCUT2D eigenvalue weighted by Crippen LogP contribution is 2.22. The Morgan fingerprint density at radius 2 is 2.00 bits per heavy atom. The van der Waals surface area contributed by atoms with Crippen molar-refractivity contribution < 1.29 is 9.13 Å². The Labute approximate surface area is 123 Å². The SMILES string of the molecule is CC(N)Cc1ccc(OCc2ccccc2Cl)c(F)c1. The highest BCUT2D eigenvalue weighted by Gasteiger charge is 2.07. The van der Waals surface area contributed by atoms with E-state index in [0.29, 0.717) is 11.4 Å². The lowest BCUT2D eigenvalue weighted by atomic mass is 10.1. The molecule has 1 atom stereocenters. The van der Waals surface area contributed by atoms with Crippen molar-refractivity contribution in [2.24, 2.45) is 5.73 Å². The molecule has 0 fully saturated rings. The molecule has 0 aliphatic carbocycles. The zero-order chi connectivity index (χ0) is 14.5.